The van der Waals surface area contributed by atoms with Crippen molar-refractivity contribution < 1.29 is 16.5 Å². The van der Waals surface area contributed by atoms with Gasteiger partial charge in [-0.05, 0) is 106 Å². The Hall–Kier alpha value is -7.15. The topological polar surface area (TPSA) is 44.8 Å². The van der Waals surface area contributed by atoms with Crippen molar-refractivity contribution in [3.05, 3.63) is 309 Å². The van der Waals surface area contributed by atoms with E-state index in [4.69, 9.17) is 11.9 Å². The maximum absolute atomic E-state index is 16.3. The minimum absolute atomic E-state index is 0.729. The number of benzene rings is 12. The van der Waals surface area contributed by atoms with Gasteiger partial charge in [-0.2, -0.15) is 0 Å². The standard InChI is InChI=1S/C72H51O4PS6/c73-77(74-81-64-49-46-61(78-58-40-22-7-23-41-58)67(52-28-10-1-11-29-52)70(64)55-34-16-4-17-35-55,75-82-65-50-47-62(79-59-42-24-8-25-43-59)68(53-30-12-2-13-31-53)71(65)56-36-18-5-19-37-56)76-83-66-51-48-63(80-60-44-26-9-27-45-60)69(54-32-14-3-15-33-54)72(66)57-38-20-6-21-39-57/h1-51H. The molecule has 0 heterocycles. The average molecular weight is 1200 g/mol. The van der Waals surface area contributed by atoms with E-state index in [-0.39, 0.29) is 0 Å². The van der Waals surface area contributed by atoms with E-state index < -0.39 is 7.82 Å². The van der Waals surface area contributed by atoms with Crippen LogP contribution in [0.5, 0.6) is 0 Å². The second-order valence-electron chi connectivity index (χ2n) is 18.8. The molecule has 12 rings (SSSR count). The molecule has 0 aliphatic carbocycles. The third-order valence-electron chi connectivity index (χ3n) is 13.3. The molecule has 0 saturated heterocycles. The van der Waals surface area contributed by atoms with E-state index in [0.29, 0.717) is 0 Å². The lowest BCUT2D eigenvalue weighted by atomic mass is 9.94. The van der Waals surface area contributed by atoms with Crippen LogP contribution in [-0.2, 0) is 16.5 Å². The van der Waals surface area contributed by atoms with E-state index >= 15 is 4.57 Å². The molecule has 0 amide bonds. The van der Waals surface area contributed by atoms with E-state index in [0.717, 1.165) is 147 Å². The maximum atomic E-state index is 16.3. The van der Waals surface area contributed by atoms with Gasteiger partial charge in [0.2, 0.25) is 0 Å². The maximum Gasteiger partial charge on any atom is 0.509 e. The van der Waals surface area contributed by atoms with Gasteiger partial charge in [0.05, 0.1) is 0 Å². The monoisotopic (exact) mass is 1200 g/mol. The van der Waals surface area contributed by atoms with Crippen molar-refractivity contribution in [1.29, 1.82) is 0 Å². The molecule has 0 atom stereocenters. The fourth-order valence-corrected chi connectivity index (χ4v) is 17.0. The van der Waals surface area contributed by atoms with Crippen molar-refractivity contribution in [2.75, 3.05) is 0 Å². The molecule has 0 aliphatic heterocycles. The van der Waals surface area contributed by atoms with Gasteiger partial charge in [0.15, 0.2) is 0 Å². The Kier molecular flexibility index (Phi) is 18.7. The van der Waals surface area contributed by atoms with Crippen molar-refractivity contribution >= 4 is 79.2 Å². The molecule has 404 valence electrons. The molecule has 0 unspecified atom stereocenters. The third-order valence-corrected chi connectivity index (χ3v) is 21.2. The van der Waals surface area contributed by atoms with Crippen LogP contribution in [0, 0.1) is 0 Å². The van der Waals surface area contributed by atoms with Crippen LogP contribution >= 0.6 is 79.2 Å². The van der Waals surface area contributed by atoms with Gasteiger partial charge in [0, 0.05) is 114 Å². The molecule has 0 bridgehead atoms. The largest absolute Gasteiger partial charge is 0.509 e. The normalized spacial score (nSPS) is 11.4. The highest BCUT2D eigenvalue weighted by atomic mass is 32.2. The molecule has 0 aliphatic rings. The van der Waals surface area contributed by atoms with Gasteiger partial charge >= 0.3 is 7.82 Å². The van der Waals surface area contributed by atoms with Crippen LogP contribution < -0.4 is 0 Å². The van der Waals surface area contributed by atoms with Crippen molar-refractivity contribution in [2.24, 2.45) is 0 Å². The van der Waals surface area contributed by atoms with Crippen LogP contribution in [0.3, 0.4) is 0 Å². The van der Waals surface area contributed by atoms with Crippen LogP contribution in [0.25, 0.3) is 66.8 Å². The first-order valence-corrected chi connectivity index (χ1v) is 32.9. The molecule has 12 aromatic carbocycles. The highest BCUT2D eigenvalue weighted by Crippen LogP contribution is 2.64. The summed E-state index contributed by atoms with van der Waals surface area (Å²) in [7, 11) is -4.64. The van der Waals surface area contributed by atoms with Crippen LogP contribution in [0.2, 0.25) is 0 Å². The highest BCUT2D eigenvalue weighted by Gasteiger charge is 2.34. The SMILES string of the molecule is O=P(OSc1ccc(Sc2ccccc2)c(-c2ccccc2)c1-c1ccccc1)(OSc1ccc(Sc2ccccc2)c(-c2ccccc2)c1-c1ccccc1)OSc1ccc(Sc2ccccc2)c(-c2ccccc2)c1-c1ccccc1. The Morgan fingerprint density at radius 2 is 0.373 bits per heavy atom. The molecule has 83 heavy (non-hydrogen) atoms. The minimum atomic E-state index is -4.64. The summed E-state index contributed by atoms with van der Waals surface area (Å²) in [5, 5.41) is 0. The minimum Gasteiger partial charge on any atom is -0.225 e. The Bertz CT molecular complexity index is 3690. The van der Waals surface area contributed by atoms with Gasteiger partial charge in [-0.3, -0.25) is 0 Å². The summed E-state index contributed by atoms with van der Waals surface area (Å²) in [6, 6.07) is 106. The Morgan fingerprint density at radius 3 is 0.578 bits per heavy atom. The van der Waals surface area contributed by atoms with E-state index in [1.54, 1.807) is 35.3 Å². The fraction of sp³-hybridized carbons (Fsp3) is 0. The highest BCUT2D eigenvalue weighted by molar-refractivity contribution is 8.04. The van der Waals surface area contributed by atoms with E-state index in [1.807, 2.05) is 109 Å². The average Bonchev–Trinajstić information content (AvgIpc) is 3.75. The zero-order chi connectivity index (χ0) is 56.1. The van der Waals surface area contributed by atoms with E-state index in [2.05, 4.69) is 200 Å². The zero-order valence-electron chi connectivity index (χ0n) is 44.5. The van der Waals surface area contributed by atoms with Gasteiger partial charge in [-0.25, -0.2) is 16.5 Å². The Balaban J connectivity index is 0.991. The lowest BCUT2D eigenvalue weighted by Crippen LogP contribution is -1.96. The van der Waals surface area contributed by atoms with Gasteiger partial charge in [0.1, 0.15) is 0 Å². The number of hydrogen-bond donors (Lipinski definition) is 0. The number of hydrogen-bond acceptors (Lipinski definition) is 10. The second kappa shape index (κ2) is 27.5. The van der Waals surface area contributed by atoms with Gasteiger partial charge in [0.25, 0.3) is 0 Å². The first-order chi connectivity index (χ1) is 41.0. The third kappa shape index (κ3) is 13.8. The molecule has 0 spiro atoms. The van der Waals surface area contributed by atoms with Gasteiger partial charge in [-0.1, -0.05) is 272 Å². The van der Waals surface area contributed by atoms with Crippen LogP contribution in [0.15, 0.2) is 353 Å². The zero-order valence-corrected chi connectivity index (χ0v) is 50.3. The molecule has 0 N–H and O–H groups in total. The van der Waals surface area contributed by atoms with Crippen molar-refractivity contribution in [2.45, 2.75) is 44.1 Å². The number of phosphoric acid groups is 1. The van der Waals surface area contributed by atoms with E-state index in [1.165, 1.54) is 0 Å². The number of rotatable bonds is 21. The molecule has 0 fully saturated rings. The van der Waals surface area contributed by atoms with Crippen molar-refractivity contribution in [3.8, 4) is 66.8 Å². The molecule has 0 aromatic heterocycles. The summed E-state index contributed by atoms with van der Waals surface area (Å²) < 4.78 is 36.6. The molecular formula is C72H51O4PS6. The van der Waals surface area contributed by atoms with Gasteiger partial charge < -0.3 is 0 Å². The molecule has 4 nitrogen and oxygen atoms in total. The van der Waals surface area contributed by atoms with Crippen molar-refractivity contribution in [1.82, 2.24) is 0 Å². The smallest absolute Gasteiger partial charge is 0.225 e. The molecule has 0 saturated carbocycles. The van der Waals surface area contributed by atoms with Crippen molar-refractivity contribution in [3.63, 3.8) is 0 Å². The predicted octanol–water partition coefficient (Wildman–Crippen LogP) is 23.7. The first-order valence-electron chi connectivity index (χ1n) is 26.7. The lowest BCUT2D eigenvalue weighted by molar-refractivity contribution is 0.350. The lowest BCUT2D eigenvalue weighted by Gasteiger charge is -2.22. The summed E-state index contributed by atoms with van der Waals surface area (Å²) in [5.41, 5.74) is 11.8. The van der Waals surface area contributed by atoms with Crippen LogP contribution in [0.4, 0.5) is 0 Å². The summed E-state index contributed by atoms with van der Waals surface area (Å²) in [6.45, 7) is 0. The van der Waals surface area contributed by atoms with E-state index in [9.17, 15) is 0 Å². The molecular weight excluding hydrogens is 1150 g/mol. The summed E-state index contributed by atoms with van der Waals surface area (Å²) in [6.07, 6.45) is 0. The second-order valence-corrected chi connectivity index (χ2v) is 26.6. The first kappa shape index (κ1) is 56.3. The fourth-order valence-electron chi connectivity index (χ4n) is 9.65. The summed E-state index contributed by atoms with van der Waals surface area (Å²) in [4.78, 5) is 8.67. The molecule has 12 aromatic rings. The summed E-state index contributed by atoms with van der Waals surface area (Å²) >= 11 is 8.08. The molecule has 0 radical (unpaired) electrons. The predicted molar refractivity (Wildman–Crippen MR) is 352 cm³/mol. The Morgan fingerprint density at radius 1 is 0.205 bits per heavy atom. The summed E-state index contributed by atoms with van der Waals surface area (Å²) in [5.74, 6) is 0. The van der Waals surface area contributed by atoms with Crippen LogP contribution in [0.1, 0.15) is 0 Å². The Labute approximate surface area is 511 Å². The quantitative estimate of drug-likeness (QED) is 0.0514. The molecule has 11 heteroatoms. The van der Waals surface area contributed by atoms with Crippen LogP contribution in [-0.4, -0.2) is 0 Å². The van der Waals surface area contributed by atoms with Gasteiger partial charge in [-0.15, -0.1) is 0 Å².